The van der Waals surface area contributed by atoms with E-state index in [9.17, 15) is 8.42 Å². The molecule has 2 rings (SSSR count). The summed E-state index contributed by atoms with van der Waals surface area (Å²) in [4.78, 5) is 0.193. The molecule has 21 heavy (non-hydrogen) atoms. The predicted octanol–water partition coefficient (Wildman–Crippen LogP) is 4.03. The van der Waals surface area contributed by atoms with E-state index < -0.39 is 10.0 Å². The summed E-state index contributed by atoms with van der Waals surface area (Å²) in [7, 11) is -3.64. The lowest BCUT2D eigenvalue weighted by Gasteiger charge is -2.11. The van der Waals surface area contributed by atoms with Crippen molar-refractivity contribution in [3.8, 4) is 0 Å². The lowest BCUT2D eigenvalue weighted by molar-refractivity contribution is 0.601. The Morgan fingerprint density at radius 3 is 2.29 bits per heavy atom. The molecule has 1 unspecified atom stereocenters. The number of benzene rings is 2. The van der Waals surface area contributed by atoms with Crippen molar-refractivity contribution < 1.29 is 8.42 Å². The van der Waals surface area contributed by atoms with Gasteiger partial charge in [0.15, 0.2) is 0 Å². The quantitative estimate of drug-likeness (QED) is 0.764. The molecule has 0 saturated heterocycles. The van der Waals surface area contributed by atoms with Crippen LogP contribution in [0.2, 0.25) is 0 Å². The van der Waals surface area contributed by atoms with E-state index in [1.54, 1.807) is 36.4 Å². The summed E-state index contributed by atoms with van der Waals surface area (Å²) in [5.41, 5.74) is 7.12. The van der Waals surface area contributed by atoms with Gasteiger partial charge < -0.3 is 5.73 Å². The Kier molecular flexibility index (Phi) is 5.08. The Balaban J connectivity index is 2.31. The fraction of sp³-hybridized carbons (Fsp3) is 0.143. The van der Waals surface area contributed by atoms with Crippen LogP contribution in [0.3, 0.4) is 0 Å². The summed E-state index contributed by atoms with van der Waals surface area (Å²) in [6.45, 7) is 1.85. The summed E-state index contributed by atoms with van der Waals surface area (Å²) in [6, 6.07) is 11.7. The van der Waals surface area contributed by atoms with Crippen molar-refractivity contribution in [2.45, 2.75) is 17.9 Å². The van der Waals surface area contributed by atoms with Gasteiger partial charge in [-0.1, -0.05) is 28.1 Å². The molecule has 7 heteroatoms. The Bertz CT molecular complexity index is 744. The molecule has 0 fully saturated rings. The van der Waals surface area contributed by atoms with Gasteiger partial charge in [0.1, 0.15) is 0 Å². The van der Waals surface area contributed by atoms with Crippen molar-refractivity contribution in [3.63, 3.8) is 0 Å². The molecular weight excluding hydrogens is 420 g/mol. The number of halogens is 2. The summed E-state index contributed by atoms with van der Waals surface area (Å²) in [5, 5.41) is 0. The van der Waals surface area contributed by atoms with Crippen LogP contribution in [0.4, 0.5) is 5.69 Å². The lowest BCUT2D eigenvalue weighted by Crippen LogP contribution is -2.14. The minimum Gasteiger partial charge on any atom is -0.324 e. The van der Waals surface area contributed by atoms with Gasteiger partial charge in [0.2, 0.25) is 0 Å². The normalized spacial score (nSPS) is 13.0. The van der Waals surface area contributed by atoms with Crippen LogP contribution in [-0.4, -0.2) is 8.42 Å². The Hall–Kier alpha value is -0.890. The molecule has 2 aromatic carbocycles. The first-order chi connectivity index (χ1) is 9.79. The Labute approximate surface area is 141 Å². The van der Waals surface area contributed by atoms with Crippen molar-refractivity contribution >= 4 is 47.6 Å². The van der Waals surface area contributed by atoms with E-state index >= 15 is 0 Å². The zero-order chi connectivity index (χ0) is 15.6. The maximum Gasteiger partial charge on any atom is 0.261 e. The molecule has 0 saturated carbocycles. The second-order valence-electron chi connectivity index (χ2n) is 4.59. The number of sulfonamides is 1. The van der Waals surface area contributed by atoms with Crippen LogP contribution in [-0.2, 0) is 10.0 Å². The van der Waals surface area contributed by atoms with Crippen molar-refractivity contribution in [1.82, 2.24) is 0 Å². The fourth-order valence-electron chi connectivity index (χ4n) is 1.73. The van der Waals surface area contributed by atoms with Crippen LogP contribution in [0.15, 0.2) is 56.3 Å². The fourth-order valence-corrected chi connectivity index (χ4v) is 3.64. The third-order valence-corrected chi connectivity index (χ3v) is 5.46. The molecule has 0 aliphatic rings. The first-order valence-corrected chi connectivity index (χ1v) is 9.20. The predicted molar refractivity (Wildman–Crippen MR) is 91.7 cm³/mol. The third kappa shape index (κ3) is 4.06. The van der Waals surface area contributed by atoms with Gasteiger partial charge in [0.25, 0.3) is 10.0 Å². The van der Waals surface area contributed by atoms with Crippen LogP contribution in [0, 0.1) is 0 Å². The second kappa shape index (κ2) is 6.48. The molecular formula is C14H14Br2N2O2S. The second-order valence-corrected chi connectivity index (χ2v) is 8.04. The van der Waals surface area contributed by atoms with E-state index in [1.165, 1.54) is 0 Å². The van der Waals surface area contributed by atoms with Gasteiger partial charge in [0.05, 0.1) is 10.6 Å². The van der Waals surface area contributed by atoms with Crippen LogP contribution >= 0.6 is 31.9 Å². The monoisotopic (exact) mass is 432 g/mol. The average Bonchev–Trinajstić information content (AvgIpc) is 2.43. The van der Waals surface area contributed by atoms with Gasteiger partial charge in [-0.3, -0.25) is 4.72 Å². The topological polar surface area (TPSA) is 72.2 Å². The molecule has 3 N–H and O–H groups in total. The summed E-state index contributed by atoms with van der Waals surface area (Å²) >= 11 is 6.64. The van der Waals surface area contributed by atoms with Crippen molar-refractivity contribution in [2.75, 3.05) is 4.72 Å². The van der Waals surface area contributed by atoms with E-state index in [1.807, 2.05) is 13.0 Å². The van der Waals surface area contributed by atoms with E-state index in [0.29, 0.717) is 10.2 Å². The molecule has 0 spiro atoms. The molecule has 112 valence electrons. The summed E-state index contributed by atoms with van der Waals surface area (Å²) < 4.78 is 28.7. The van der Waals surface area contributed by atoms with E-state index in [4.69, 9.17) is 5.73 Å². The van der Waals surface area contributed by atoms with Crippen molar-refractivity contribution in [2.24, 2.45) is 5.73 Å². The highest BCUT2D eigenvalue weighted by atomic mass is 79.9. The van der Waals surface area contributed by atoms with Crippen LogP contribution < -0.4 is 10.5 Å². The van der Waals surface area contributed by atoms with E-state index in [2.05, 4.69) is 36.6 Å². The van der Waals surface area contributed by atoms with Crippen LogP contribution in [0.25, 0.3) is 0 Å². The molecule has 1 atom stereocenters. The van der Waals surface area contributed by atoms with Gasteiger partial charge in [-0.2, -0.15) is 0 Å². The highest BCUT2D eigenvalue weighted by Crippen LogP contribution is 2.28. The minimum absolute atomic E-state index is 0.131. The first kappa shape index (κ1) is 16.5. The molecule has 0 radical (unpaired) electrons. The summed E-state index contributed by atoms with van der Waals surface area (Å²) in [5.74, 6) is 0. The molecule has 0 heterocycles. The highest BCUT2D eigenvalue weighted by molar-refractivity contribution is 9.11. The summed E-state index contributed by atoms with van der Waals surface area (Å²) in [6.07, 6.45) is 0. The maximum absolute atomic E-state index is 12.4. The molecule has 0 aliphatic carbocycles. The number of hydrogen-bond acceptors (Lipinski definition) is 3. The molecule has 2 aromatic rings. The highest BCUT2D eigenvalue weighted by Gasteiger charge is 2.16. The van der Waals surface area contributed by atoms with Gasteiger partial charge in [-0.05, 0) is 58.7 Å². The zero-order valence-corrected chi connectivity index (χ0v) is 15.2. The molecule has 0 aromatic heterocycles. The molecule has 0 aliphatic heterocycles. The zero-order valence-electron chi connectivity index (χ0n) is 11.2. The van der Waals surface area contributed by atoms with E-state index in [0.717, 1.165) is 10.0 Å². The Morgan fingerprint density at radius 1 is 1.10 bits per heavy atom. The number of hydrogen-bond donors (Lipinski definition) is 2. The maximum atomic E-state index is 12.4. The molecule has 0 bridgehead atoms. The van der Waals surface area contributed by atoms with E-state index in [-0.39, 0.29) is 10.9 Å². The molecule has 4 nitrogen and oxygen atoms in total. The smallest absolute Gasteiger partial charge is 0.261 e. The standard InChI is InChI=1S/C14H14Br2N2O2S/c1-9(17)10-2-5-12(6-3-10)21(19,20)18-14-8-11(15)4-7-13(14)16/h2-9,18H,17H2,1H3. The molecule has 0 amide bonds. The Morgan fingerprint density at radius 2 is 1.71 bits per heavy atom. The number of nitrogens with one attached hydrogen (secondary N) is 1. The van der Waals surface area contributed by atoms with Crippen LogP contribution in [0.1, 0.15) is 18.5 Å². The van der Waals surface area contributed by atoms with Crippen LogP contribution in [0.5, 0.6) is 0 Å². The van der Waals surface area contributed by atoms with Gasteiger partial charge in [-0.15, -0.1) is 0 Å². The lowest BCUT2D eigenvalue weighted by atomic mass is 10.1. The van der Waals surface area contributed by atoms with Gasteiger partial charge in [-0.25, -0.2) is 8.42 Å². The number of rotatable bonds is 4. The van der Waals surface area contributed by atoms with Gasteiger partial charge in [0, 0.05) is 15.0 Å². The third-order valence-electron chi connectivity index (χ3n) is 2.89. The van der Waals surface area contributed by atoms with Crippen molar-refractivity contribution in [1.29, 1.82) is 0 Å². The first-order valence-electron chi connectivity index (χ1n) is 6.13. The van der Waals surface area contributed by atoms with Crippen molar-refractivity contribution in [3.05, 3.63) is 57.0 Å². The number of anilines is 1. The minimum atomic E-state index is -3.64. The largest absolute Gasteiger partial charge is 0.324 e. The van der Waals surface area contributed by atoms with Gasteiger partial charge >= 0.3 is 0 Å². The number of nitrogens with two attached hydrogens (primary N) is 1. The average molecular weight is 434 g/mol. The SMILES string of the molecule is CC(N)c1ccc(S(=O)(=O)Nc2cc(Br)ccc2Br)cc1.